The van der Waals surface area contributed by atoms with Gasteiger partial charge < -0.3 is 4.42 Å². The summed E-state index contributed by atoms with van der Waals surface area (Å²) in [6, 6.07) is 9.37. The second kappa shape index (κ2) is 6.51. The number of hydrogen-bond donors (Lipinski definition) is 0. The Morgan fingerprint density at radius 1 is 1.00 bits per heavy atom. The van der Waals surface area contributed by atoms with Crippen molar-refractivity contribution in [1.82, 2.24) is 5.01 Å². The number of allylic oxidation sites excluding steroid dienone is 2. The minimum atomic E-state index is -0.465. The zero-order valence-corrected chi connectivity index (χ0v) is 15.3. The fourth-order valence-corrected chi connectivity index (χ4v) is 4.61. The number of amides is 2. The molecule has 2 fully saturated rings. The van der Waals surface area contributed by atoms with Crippen LogP contribution in [0.1, 0.15) is 18.6 Å². The number of nitro groups is 1. The van der Waals surface area contributed by atoms with E-state index >= 15 is 0 Å². The second-order valence-electron chi connectivity index (χ2n) is 7.58. The number of nitrogens with zero attached hydrogens (tertiary/aromatic N) is 3. The number of carbonyl (C=O) groups is 2. The second-order valence-corrected chi connectivity index (χ2v) is 7.58. The smallest absolute Gasteiger partial charge is 0.269 e. The van der Waals surface area contributed by atoms with Crippen molar-refractivity contribution < 1.29 is 18.9 Å². The molecular weight excluding hydrogens is 374 g/mol. The van der Waals surface area contributed by atoms with Gasteiger partial charge in [-0.05, 0) is 48.9 Å². The standard InChI is InChI=1S/C21H17N3O5/c25-20-18-13-1-2-14(4-3-13)19(18)21(26)23(20)22-11-16-9-10-17(29-16)12-5-7-15(8-6-12)24(27)28/h1-2,5-11,13-14,18-19H,3-4H2/b22-11-/t13-,14-,18-,19+/m0/s1. The molecule has 2 heterocycles. The van der Waals surface area contributed by atoms with Crippen molar-refractivity contribution in [2.24, 2.45) is 28.8 Å². The van der Waals surface area contributed by atoms with Crippen LogP contribution in [0.5, 0.6) is 0 Å². The lowest BCUT2D eigenvalue weighted by Crippen LogP contribution is -2.38. The number of non-ortho nitro benzene ring substituents is 1. The summed E-state index contributed by atoms with van der Waals surface area (Å²) in [6.07, 6.45) is 7.37. The Morgan fingerprint density at radius 3 is 2.17 bits per heavy atom. The SMILES string of the molecule is O=C1[C@@H]2[C@H](C(=O)N1/N=C\c1ccc(-c3ccc([N+](=O)[O-])cc3)o1)[C@H]1C=C[C@H]2CC1. The zero-order chi connectivity index (χ0) is 20.1. The van der Waals surface area contributed by atoms with Crippen LogP contribution >= 0.6 is 0 Å². The molecule has 146 valence electrons. The summed E-state index contributed by atoms with van der Waals surface area (Å²) >= 11 is 0. The van der Waals surface area contributed by atoms with Gasteiger partial charge in [0.1, 0.15) is 11.5 Å². The van der Waals surface area contributed by atoms with Crippen LogP contribution in [-0.4, -0.2) is 28.0 Å². The normalized spacial score (nSPS) is 27.8. The number of rotatable bonds is 4. The molecule has 6 rings (SSSR count). The molecule has 29 heavy (non-hydrogen) atoms. The minimum Gasteiger partial charge on any atom is -0.455 e. The van der Waals surface area contributed by atoms with Crippen LogP contribution in [0.25, 0.3) is 11.3 Å². The van der Waals surface area contributed by atoms with Crippen molar-refractivity contribution in [2.75, 3.05) is 0 Å². The van der Waals surface area contributed by atoms with Crippen molar-refractivity contribution in [3.63, 3.8) is 0 Å². The Bertz CT molecular complexity index is 1040. The van der Waals surface area contributed by atoms with Crippen molar-refractivity contribution in [3.8, 4) is 11.3 Å². The molecule has 8 nitrogen and oxygen atoms in total. The molecule has 1 aromatic heterocycles. The Morgan fingerprint density at radius 2 is 1.62 bits per heavy atom. The van der Waals surface area contributed by atoms with Crippen LogP contribution in [0.3, 0.4) is 0 Å². The highest BCUT2D eigenvalue weighted by Gasteiger charge is 2.56. The molecule has 8 heteroatoms. The predicted octanol–water partition coefficient (Wildman–Crippen LogP) is 3.39. The van der Waals surface area contributed by atoms with Gasteiger partial charge >= 0.3 is 0 Å². The van der Waals surface area contributed by atoms with E-state index in [1.807, 2.05) is 0 Å². The number of nitro benzene ring substituents is 1. The van der Waals surface area contributed by atoms with Gasteiger partial charge in [0.15, 0.2) is 0 Å². The van der Waals surface area contributed by atoms with Gasteiger partial charge in [-0.1, -0.05) is 12.2 Å². The summed E-state index contributed by atoms with van der Waals surface area (Å²) in [6.45, 7) is 0. The number of benzene rings is 1. The van der Waals surface area contributed by atoms with Crippen LogP contribution in [0, 0.1) is 33.8 Å². The van der Waals surface area contributed by atoms with Gasteiger partial charge in [-0.3, -0.25) is 19.7 Å². The molecule has 0 spiro atoms. The number of imide groups is 1. The first-order chi connectivity index (χ1) is 14.0. The first kappa shape index (κ1) is 17.5. The molecule has 1 aliphatic heterocycles. The third-order valence-electron chi connectivity index (χ3n) is 6.03. The molecule has 3 aliphatic carbocycles. The highest BCUT2D eigenvalue weighted by Crippen LogP contribution is 2.49. The fraction of sp³-hybridized carbons (Fsp3) is 0.286. The van der Waals surface area contributed by atoms with Crippen molar-refractivity contribution in [2.45, 2.75) is 12.8 Å². The topological polar surface area (TPSA) is 106 Å². The highest BCUT2D eigenvalue weighted by atomic mass is 16.6. The van der Waals surface area contributed by atoms with Crippen LogP contribution < -0.4 is 0 Å². The van der Waals surface area contributed by atoms with Crippen molar-refractivity contribution in [3.05, 3.63) is 64.4 Å². The monoisotopic (exact) mass is 391 g/mol. The van der Waals surface area contributed by atoms with E-state index in [0.29, 0.717) is 17.1 Å². The third-order valence-corrected chi connectivity index (χ3v) is 6.03. The van der Waals surface area contributed by atoms with E-state index < -0.39 is 4.92 Å². The predicted molar refractivity (Wildman–Crippen MR) is 103 cm³/mol. The summed E-state index contributed by atoms with van der Waals surface area (Å²) in [5.41, 5.74) is 0.676. The minimum absolute atomic E-state index is 0.00178. The van der Waals surface area contributed by atoms with Gasteiger partial charge in [-0.2, -0.15) is 10.1 Å². The molecule has 0 N–H and O–H groups in total. The largest absolute Gasteiger partial charge is 0.455 e. The fourth-order valence-electron chi connectivity index (χ4n) is 4.61. The quantitative estimate of drug-likeness (QED) is 0.261. The average Bonchev–Trinajstić information content (AvgIpc) is 3.32. The Balaban J connectivity index is 1.34. The Kier molecular flexibility index (Phi) is 3.94. The Labute approximate surface area is 165 Å². The third kappa shape index (κ3) is 2.79. The molecule has 1 saturated carbocycles. The number of hydrogen-bond acceptors (Lipinski definition) is 6. The lowest BCUT2D eigenvalue weighted by Gasteiger charge is -2.37. The molecule has 2 aromatic rings. The molecule has 2 amide bonds. The number of furan rings is 1. The van der Waals surface area contributed by atoms with Crippen LogP contribution in [0.15, 0.2) is 58.1 Å². The number of hydrazone groups is 1. The van der Waals surface area contributed by atoms with Crippen LogP contribution in [0.2, 0.25) is 0 Å². The van der Waals surface area contributed by atoms with E-state index in [-0.39, 0.29) is 41.2 Å². The maximum Gasteiger partial charge on any atom is 0.269 e. The van der Waals surface area contributed by atoms with Gasteiger partial charge in [-0.25, -0.2) is 0 Å². The van der Waals surface area contributed by atoms with E-state index in [1.54, 1.807) is 24.3 Å². The van der Waals surface area contributed by atoms with E-state index in [1.165, 1.54) is 18.3 Å². The molecule has 0 radical (unpaired) electrons. The van der Waals surface area contributed by atoms with Gasteiger partial charge in [0, 0.05) is 17.7 Å². The van der Waals surface area contributed by atoms with Gasteiger partial charge in [0.05, 0.1) is 23.0 Å². The summed E-state index contributed by atoms with van der Waals surface area (Å²) in [4.78, 5) is 35.8. The first-order valence-corrected chi connectivity index (χ1v) is 9.48. The number of carbonyl (C=O) groups excluding carboxylic acids is 2. The van der Waals surface area contributed by atoms with E-state index in [2.05, 4.69) is 17.3 Å². The van der Waals surface area contributed by atoms with Crippen LogP contribution in [0.4, 0.5) is 5.69 Å². The maximum atomic E-state index is 12.7. The van der Waals surface area contributed by atoms with E-state index in [9.17, 15) is 19.7 Å². The molecular formula is C21H17N3O5. The zero-order valence-electron chi connectivity index (χ0n) is 15.3. The maximum absolute atomic E-state index is 12.7. The van der Waals surface area contributed by atoms with Gasteiger partial charge in [0.2, 0.25) is 0 Å². The number of fused-ring (bicyclic) bond motifs is 1. The van der Waals surface area contributed by atoms with Crippen molar-refractivity contribution >= 4 is 23.7 Å². The Hall–Kier alpha value is -3.55. The highest BCUT2D eigenvalue weighted by molar-refractivity contribution is 6.06. The molecule has 2 bridgehead atoms. The van der Waals surface area contributed by atoms with Gasteiger partial charge in [0.25, 0.3) is 17.5 Å². The molecule has 1 aromatic carbocycles. The lowest BCUT2D eigenvalue weighted by molar-refractivity contribution is -0.384. The molecule has 0 unspecified atom stereocenters. The summed E-state index contributed by atoms with van der Waals surface area (Å²) in [7, 11) is 0. The average molecular weight is 391 g/mol. The summed E-state index contributed by atoms with van der Waals surface area (Å²) in [5, 5.41) is 15.9. The van der Waals surface area contributed by atoms with E-state index in [4.69, 9.17) is 4.42 Å². The molecule has 1 saturated heterocycles. The van der Waals surface area contributed by atoms with E-state index in [0.717, 1.165) is 17.9 Å². The first-order valence-electron chi connectivity index (χ1n) is 9.48. The van der Waals surface area contributed by atoms with Crippen LogP contribution in [-0.2, 0) is 9.59 Å². The molecule has 4 aliphatic rings. The van der Waals surface area contributed by atoms with Gasteiger partial charge in [-0.15, -0.1) is 0 Å². The summed E-state index contributed by atoms with van der Waals surface area (Å²) < 4.78 is 5.69. The summed E-state index contributed by atoms with van der Waals surface area (Å²) in [5.74, 6) is 0.0745. The lowest BCUT2D eigenvalue weighted by atomic mass is 9.63. The molecule has 4 atom stereocenters. The van der Waals surface area contributed by atoms with Crippen molar-refractivity contribution in [1.29, 1.82) is 0 Å².